The molecule has 1 unspecified atom stereocenters. The second-order valence-corrected chi connectivity index (χ2v) is 14.8. The highest BCUT2D eigenvalue weighted by Gasteiger charge is 2.45. The van der Waals surface area contributed by atoms with Crippen molar-refractivity contribution in [1.82, 2.24) is 9.78 Å². The van der Waals surface area contributed by atoms with Crippen LogP contribution in [-0.4, -0.2) is 23.0 Å². The zero-order valence-corrected chi connectivity index (χ0v) is 24.4. The normalized spacial score (nSPS) is 21.4. The van der Waals surface area contributed by atoms with E-state index in [1.807, 2.05) is 29.1 Å². The minimum absolute atomic E-state index is 0.235. The first-order valence-electron chi connectivity index (χ1n) is 12.9. The van der Waals surface area contributed by atoms with Crippen molar-refractivity contribution in [3.8, 4) is 5.69 Å². The van der Waals surface area contributed by atoms with Crippen LogP contribution in [0.25, 0.3) is 5.69 Å². The number of hydrogen-bond acceptors (Lipinski definition) is 4. The molecule has 4 aromatic rings. The highest BCUT2D eigenvalue weighted by Crippen LogP contribution is 2.62. The molecule has 0 aliphatic carbocycles. The second kappa shape index (κ2) is 8.79. The van der Waals surface area contributed by atoms with Crippen LogP contribution in [0.2, 0.25) is 0 Å². The van der Waals surface area contributed by atoms with Gasteiger partial charge in [-0.15, -0.1) is 0 Å². The summed E-state index contributed by atoms with van der Waals surface area (Å²) >= 11 is 6.83. The zero-order valence-electron chi connectivity index (χ0n) is 22.6. The number of para-hydroxylation sites is 2. The molecule has 2 aliphatic rings. The molecule has 192 valence electrons. The van der Waals surface area contributed by atoms with E-state index in [1.165, 1.54) is 28.1 Å². The molecule has 1 aromatic heterocycles. The summed E-state index contributed by atoms with van der Waals surface area (Å²) in [5.41, 5.74) is 8.83. The highest BCUT2D eigenvalue weighted by atomic mass is 32.4. The summed E-state index contributed by atoms with van der Waals surface area (Å²) in [4.78, 5) is 7.37. The van der Waals surface area contributed by atoms with Gasteiger partial charge in [0.05, 0.1) is 22.9 Å². The molecule has 1 atom stereocenters. The largest absolute Gasteiger partial charge is 0.350 e. The fourth-order valence-electron chi connectivity index (χ4n) is 5.95. The van der Waals surface area contributed by atoms with Crippen molar-refractivity contribution in [3.63, 3.8) is 0 Å². The number of allylic oxidation sites excluding steroid dienone is 2. The zero-order chi connectivity index (χ0) is 26.8. The lowest BCUT2D eigenvalue weighted by Gasteiger charge is -2.35. The fraction of sp³-hybridized carbons (Fsp3) is 0.226. The van der Waals surface area contributed by atoms with Crippen molar-refractivity contribution < 1.29 is 0 Å². The van der Waals surface area contributed by atoms with Crippen LogP contribution in [-0.2, 0) is 17.2 Å². The molecule has 0 fully saturated rings. The number of aliphatic imine (C=N–C) groups is 1. The lowest BCUT2D eigenvalue weighted by Crippen LogP contribution is -2.29. The van der Waals surface area contributed by atoms with Gasteiger partial charge in [-0.3, -0.25) is 0 Å². The molecule has 38 heavy (non-hydrogen) atoms. The Labute approximate surface area is 230 Å². The minimum Gasteiger partial charge on any atom is -0.350 e. The van der Waals surface area contributed by atoms with E-state index < -0.39 is 6.19 Å². The summed E-state index contributed by atoms with van der Waals surface area (Å²) in [7, 11) is 2.15. The molecular weight excluding hydrogens is 505 g/mol. The van der Waals surface area contributed by atoms with E-state index in [4.69, 9.17) is 21.9 Å². The van der Waals surface area contributed by atoms with Gasteiger partial charge in [-0.1, -0.05) is 79.7 Å². The van der Waals surface area contributed by atoms with E-state index in [9.17, 15) is 0 Å². The number of hydrogen-bond donors (Lipinski definition) is 1. The second-order valence-electron chi connectivity index (χ2n) is 10.7. The Morgan fingerprint density at radius 1 is 0.921 bits per heavy atom. The number of rotatable bonds is 3. The third-order valence-electron chi connectivity index (χ3n) is 7.74. The van der Waals surface area contributed by atoms with Crippen LogP contribution in [0.5, 0.6) is 0 Å². The van der Waals surface area contributed by atoms with Crippen LogP contribution in [0.1, 0.15) is 36.2 Å². The van der Waals surface area contributed by atoms with Gasteiger partial charge in [0.2, 0.25) is 0 Å². The Morgan fingerprint density at radius 2 is 1.63 bits per heavy atom. The topological polar surface area (TPSA) is 45.4 Å². The molecule has 3 heterocycles. The van der Waals surface area contributed by atoms with Crippen molar-refractivity contribution in [1.29, 1.82) is 0 Å². The fourth-order valence-corrected chi connectivity index (χ4v) is 10.2. The maximum atomic E-state index is 6.83. The molecule has 0 bridgehead atoms. The molecule has 0 saturated carbocycles. The first kappa shape index (κ1) is 24.8. The first-order chi connectivity index (χ1) is 18.1. The van der Waals surface area contributed by atoms with Crippen molar-refractivity contribution in [2.75, 3.05) is 17.0 Å². The van der Waals surface area contributed by atoms with Gasteiger partial charge in [0.15, 0.2) is 5.82 Å². The van der Waals surface area contributed by atoms with Gasteiger partial charge in [0.1, 0.15) is 0 Å². The number of likely N-dealkylation sites (N-methyl/N-ethyl adjacent to an activating group) is 1. The van der Waals surface area contributed by atoms with E-state index in [2.05, 4.69) is 106 Å². The number of nitrogens with one attached hydrogen (secondary N) is 1. The summed E-state index contributed by atoms with van der Waals surface area (Å²) < 4.78 is 1.94. The number of benzene rings is 3. The van der Waals surface area contributed by atoms with Crippen LogP contribution in [0.3, 0.4) is 0 Å². The number of fused-ring (bicyclic) bond motifs is 2. The van der Waals surface area contributed by atoms with Crippen molar-refractivity contribution in [3.05, 3.63) is 106 Å². The number of anilines is 2. The predicted octanol–water partition coefficient (Wildman–Crippen LogP) is 7.28. The van der Waals surface area contributed by atoms with Gasteiger partial charge in [-0.2, -0.15) is 5.10 Å². The smallest absolute Gasteiger partial charge is 0.166 e. The predicted molar refractivity (Wildman–Crippen MR) is 165 cm³/mol. The van der Waals surface area contributed by atoms with Crippen LogP contribution in [0, 0.1) is 20.8 Å². The Bertz CT molecular complexity index is 1700. The molecule has 1 N–H and O–H groups in total. The number of aryl methyl sites for hydroxylation is 3. The monoisotopic (exact) mass is 537 g/mol. The van der Waals surface area contributed by atoms with Crippen LogP contribution in [0.15, 0.2) is 88.8 Å². The quantitative estimate of drug-likeness (QED) is 0.279. The average molecular weight is 538 g/mol. The van der Waals surface area contributed by atoms with Crippen LogP contribution < -0.4 is 15.3 Å². The van der Waals surface area contributed by atoms with E-state index in [-0.39, 0.29) is 5.41 Å². The maximum absolute atomic E-state index is 6.83. The van der Waals surface area contributed by atoms with Crippen LogP contribution in [0.4, 0.5) is 17.2 Å². The lowest BCUT2D eigenvalue weighted by atomic mass is 9.84. The molecular formula is C31H32N5PS. The van der Waals surface area contributed by atoms with Gasteiger partial charge in [0, 0.05) is 41.1 Å². The van der Waals surface area contributed by atoms with Crippen molar-refractivity contribution in [2.45, 2.75) is 40.0 Å². The van der Waals surface area contributed by atoms with Gasteiger partial charge in [0.25, 0.3) is 0 Å². The molecule has 2 aliphatic heterocycles. The van der Waals surface area contributed by atoms with Gasteiger partial charge in [-0.25, -0.2) is 9.67 Å². The van der Waals surface area contributed by atoms with E-state index in [0.717, 1.165) is 33.5 Å². The Balaban J connectivity index is 1.64. The molecule has 7 heteroatoms. The first-order valence-corrected chi connectivity index (χ1v) is 15.7. The average Bonchev–Trinajstić information content (AvgIpc) is 3.34. The Morgan fingerprint density at radius 3 is 2.34 bits per heavy atom. The van der Waals surface area contributed by atoms with E-state index >= 15 is 0 Å². The SMILES string of the molecule is Cc1ccc(NP2(=S)/C(=C3/N(C)c4ccccc4C3(C)C)C=Nc3c2c(C)nn3-c2ccccc2)c(C)c1. The van der Waals surface area contributed by atoms with E-state index in [0.29, 0.717) is 0 Å². The van der Waals surface area contributed by atoms with Crippen LogP contribution >= 0.6 is 6.19 Å². The molecule has 3 aromatic carbocycles. The molecule has 0 amide bonds. The van der Waals surface area contributed by atoms with E-state index in [1.54, 1.807) is 0 Å². The Kier molecular flexibility index (Phi) is 5.75. The number of nitrogens with zero attached hydrogens (tertiary/aromatic N) is 4. The summed E-state index contributed by atoms with van der Waals surface area (Å²) in [6.07, 6.45) is -0.607. The third-order valence-corrected chi connectivity index (χ3v) is 11.9. The number of aromatic nitrogens is 2. The highest BCUT2D eigenvalue weighted by molar-refractivity contribution is 8.21. The Hall–Kier alpha value is -3.47. The maximum Gasteiger partial charge on any atom is 0.166 e. The lowest BCUT2D eigenvalue weighted by molar-refractivity contribution is 0.639. The molecule has 0 spiro atoms. The molecule has 0 radical (unpaired) electrons. The molecule has 6 rings (SSSR count). The summed E-state index contributed by atoms with van der Waals surface area (Å²) in [6.45, 7) is 10.9. The molecule has 0 saturated heterocycles. The molecule has 5 nitrogen and oxygen atoms in total. The minimum atomic E-state index is -2.62. The van der Waals surface area contributed by atoms with Crippen molar-refractivity contribution >= 4 is 46.7 Å². The summed E-state index contributed by atoms with van der Waals surface area (Å²) in [5, 5.41) is 11.0. The standard InChI is InChI=1S/C31H32N5PS/c1-20-16-17-25(21(2)18-20)34-37(38)27(29-31(4,5)24-14-10-11-15-26(24)35(29)6)19-32-30-28(37)22(3)33-36(30)23-12-8-7-9-13-23/h7-19H,1-6H3,(H,34,38)/b29-27+. The van der Waals surface area contributed by atoms with Gasteiger partial charge < -0.3 is 9.99 Å². The summed E-state index contributed by atoms with van der Waals surface area (Å²) in [5.74, 6) is 0.814. The van der Waals surface area contributed by atoms with Gasteiger partial charge in [-0.05, 0) is 56.2 Å². The van der Waals surface area contributed by atoms with Gasteiger partial charge >= 0.3 is 0 Å². The summed E-state index contributed by atoms with van der Waals surface area (Å²) in [6, 6.07) is 25.3. The van der Waals surface area contributed by atoms with Crippen molar-refractivity contribution in [2.24, 2.45) is 4.99 Å². The third kappa shape index (κ3) is 3.62.